The molecule has 3 rings (SSSR count). The van der Waals surface area contributed by atoms with Crippen molar-refractivity contribution in [2.24, 2.45) is 5.92 Å². The normalized spacial score (nSPS) is 14.5. The van der Waals surface area contributed by atoms with Crippen LogP contribution in [0.4, 0.5) is 11.5 Å². The average Bonchev–Trinajstić information content (AvgIpc) is 3.22. The van der Waals surface area contributed by atoms with Crippen molar-refractivity contribution in [1.82, 2.24) is 9.97 Å². The first kappa shape index (κ1) is 11.8. The van der Waals surface area contributed by atoms with E-state index in [0.717, 1.165) is 24.4 Å². The fourth-order valence-electron chi connectivity index (χ4n) is 2.10. The van der Waals surface area contributed by atoms with Gasteiger partial charge in [0.05, 0.1) is 10.4 Å². The standard InChI is InChI=1S/C13H14N4O2/c18-17(19)10-3-4-12-11(7-10)13(16-8-15-12)14-6-5-9-1-2-9/h3-4,7-9H,1-2,5-6H2,(H,14,15,16). The Hall–Kier alpha value is -2.24. The van der Waals surface area contributed by atoms with Crippen LogP contribution in [0.2, 0.25) is 0 Å². The lowest BCUT2D eigenvalue weighted by atomic mass is 10.2. The Bertz CT molecular complexity index is 625. The predicted octanol–water partition coefficient (Wildman–Crippen LogP) is 2.75. The fourth-order valence-corrected chi connectivity index (χ4v) is 2.10. The first-order valence-corrected chi connectivity index (χ1v) is 6.37. The maximum absolute atomic E-state index is 10.8. The summed E-state index contributed by atoms with van der Waals surface area (Å²) in [4.78, 5) is 18.7. The van der Waals surface area contributed by atoms with E-state index in [1.165, 1.54) is 31.3 Å². The van der Waals surface area contributed by atoms with Crippen molar-refractivity contribution in [2.75, 3.05) is 11.9 Å². The van der Waals surface area contributed by atoms with Crippen LogP contribution in [0.15, 0.2) is 24.5 Å². The highest BCUT2D eigenvalue weighted by atomic mass is 16.6. The zero-order valence-corrected chi connectivity index (χ0v) is 10.4. The number of hydrogen-bond acceptors (Lipinski definition) is 5. The molecule has 0 bridgehead atoms. The Morgan fingerprint density at radius 3 is 2.95 bits per heavy atom. The van der Waals surface area contributed by atoms with Crippen molar-refractivity contribution in [3.05, 3.63) is 34.6 Å². The van der Waals surface area contributed by atoms with Crippen LogP contribution in [0.3, 0.4) is 0 Å². The number of fused-ring (bicyclic) bond motifs is 1. The van der Waals surface area contributed by atoms with Gasteiger partial charge < -0.3 is 5.32 Å². The van der Waals surface area contributed by atoms with Crippen LogP contribution in [-0.4, -0.2) is 21.4 Å². The van der Waals surface area contributed by atoms with E-state index < -0.39 is 4.92 Å². The molecule has 0 aliphatic heterocycles. The molecular weight excluding hydrogens is 244 g/mol. The lowest BCUT2D eigenvalue weighted by Crippen LogP contribution is -2.05. The van der Waals surface area contributed by atoms with E-state index in [4.69, 9.17) is 0 Å². The molecule has 0 spiro atoms. The summed E-state index contributed by atoms with van der Waals surface area (Å²) < 4.78 is 0. The highest BCUT2D eigenvalue weighted by molar-refractivity contribution is 5.90. The monoisotopic (exact) mass is 258 g/mol. The first-order valence-electron chi connectivity index (χ1n) is 6.37. The Labute approximate surface area is 110 Å². The van der Waals surface area contributed by atoms with Crippen LogP contribution in [0.5, 0.6) is 0 Å². The van der Waals surface area contributed by atoms with Gasteiger partial charge in [0, 0.05) is 24.1 Å². The molecular formula is C13H14N4O2. The van der Waals surface area contributed by atoms with Crippen LogP contribution >= 0.6 is 0 Å². The molecule has 1 N–H and O–H groups in total. The number of benzene rings is 1. The van der Waals surface area contributed by atoms with Gasteiger partial charge in [0.2, 0.25) is 0 Å². The molecule has 2 aromatic rings. The van der Waals surface area contributed by atoms with Gasteiger partial charge in [-0.25, -0.2) is 9.97 Å². The molecule has 0 amide bonds. The first-order chi connectivity index (χ1) is 9.24. The second kappa shape index (κ2) is 4.79. The third-order valence-electron chi connectivity index (χ3n) is 3.37. The summed E-state index contributed by atoms with van der Waals surface area (Å²) >= 11 is 0. The summed E-state index contributed by atoms with van der Waals surface area (Å²) in [6.45, 7) is 0.847. The molecule has 0 saturated heterocycles. The quantitative estimate of drug-likeness (QED) is 0.658. The van der Waals surface area contributed by atoms with E-state index in [-0.39, 0.29) is 5.69 Å². The number of nitrogens with zero attached hydrogens (tertiary/aromatic N) is 3. The molecule has 0 unspecified atom stereocenters. The van der Waals surface area contributed by atoms with E-state index in [9.17, 15) is 10.1 Å². The van der Waals surface area contributed by atoms with Gasteiger partial charge >= 0.3 is 0 Å². The van der Waals surface area contributed by atoms with Crippen molar-refractivity contribution < 1.29 is 4.92 Å². The van der Waals surface area contributed by atoms with Crippen LogP contribution in [-0.2, 0) is 0 Å². The topological polar surface area (TPSA) is 81.0 Å². The third kappa shape index (κ3) is 2.62. The number of nitro benzene ring substituents is 1. The minimum atomic E-state index is -0.402. The van der Waals surface area contributed by atoms with Crippen LogP contribution < -0.4 is 5.32 Å². The Morgan fingerprint density at radius 1 is 1.37 bits per heavy atom. The Balaban J connectivity index is 1.87. The van der Waals surface area contributed by atoms with Gasteiger partial charge in [0.15, 0.2) is 0 Å². The second-order valence-electron chi connectivity index (χ2n) is 4.84. The molecule has 1 fully saturated rings. The minimum Gasteiger partial charge on any atom is -0.369 e. The van der Waals surface area contributed by atoms with Gasteiger partial charge in [0.1, 0.15) is 12.1 Å². The number of nitrogens with one attached hydrogen (secondary N) is 1. The Kier molecular flexibility index (Phi) is 2.98. The summed E-state index contributed by atoms with van der Waals surface area (Å²) in [5.74, 6) is 1.52. The van der Waals surface area contributed by atoms with Gasteiger partial charge in [-0.3, -0.25) is 10.1 Å². The predicted molar refractivity (Wildman–Crippen MR) is 72.0 cm³/mol. The van der Waals surface area contributed by atoms with Crippen molar-refractivity contribution in [1.29, 1.82) is 0 Å². The van der Waals surface area contributed by atoms with Gasteiger partial charge in [-0.15, -0.1) is 0 Å². The van der Waals surface area contributed by atoms with Gasteiger partial charge in [-0.05, 0) is 18.4 Å². The number of rotatable bonds is 5. The van der Waals surface area contributed by atoms with E-state index in [0.29, 0.717) is 11.2 Å². The maximum atomic E-state index is 10.8. The number of anilines is 1. The average molecular weight is 258 g/mol. The van der Waals surface area contributed by atoms with E-state index in [1.807, 2.05) is 0 Å². The minimum absolute atomic E-state index is 0.0625. The number of hydrogen-bond donors (Lipinski definition) is 1. The van der Waals surface area contributed by atoms with E-state index in [2.05, 4.69) is 15.3 Å². The number of nitro groups is 1. The molecule has 1 aliphatic rings. The number of non-ortho nitro benzene ring substituents is 1. The zero-order valence-electron chi connectivity index (χ0n) is 10.4. The molecule has 1 aromatic heterocycles. The van der Waals surface area contributed by atoms with Gasteiger partial charge in [-0.2, -0.15) is 0 Å². The molecule has 1 saturated carbocycles. The van der Waals surface area contributed by atoms with Crippen molar-refractivity contribution in [3.8, 4) is 0 Å². The smallest absolute Gasteiger partial charge is 0.270 e. The van der Waals surface area contributed by atoms with Crippen LogP contribution in [0, 0.1) is 16.0 Å². The SMILES string of the molecule is O=[N+]([O-])c1ccc2ncnc(NCCC3CC3)c2c1. The summed E-state index contributed by atoms with van der Waals surface area (Å²) in [5, 5.41) is 14.8. The maximum Gasteiger partial charge on any atom is 0.270 e. The summed E-state index contributed by atoms with van der Waals surface area (Å²) in [6, 6.07) is 4.64. The third-order valence-corrected chi connectivity index (χ3v) is 3.37. The molecule has 0 radical (unpaired) electrons. The lowest BCUT2D eigenvalue weighted by Gasteiger charge is -2.07. The highest BCUT2D eigenvalue weighted by Gasteiger charge is 2.20. The highest BCUT2D eigenvalue weighted by Crippen LogP contribution is 2.32. The van der Waals surface area contributed by atoms with E-state index >= 15 is 0 Å². The largest absolute Gasteiger partial charge is 0.369 e. The second-order valence-corrected chi connectivity index (χ2v) is 4.84. The lowest BCUT2D eigenvalue weighted by molar-refractivity contribution is -0.384. The van der Waals surface area contributed by atoms with E-state index in [1.54, 1.807) is 6.07 Å². The van der Waals surface area contributed by atoms with Crippen molar-refractivity contribution in [3.63, 3.8) is 0 Å². The molecule has 98 valence electrons. The summed E-state index contributed by atoms with van der Waals surface area (Å²) in [7, 11) is 0. The Morgan fingerprint density at radius 2 is 2.21 bits per heavy atom. The molecule has 0 atom stereocenters. The fraction of sp³-hybridized carbons (Fsp3) is 0.385. The van der Waals surface area contributed by atoms with Crippen LogP contribution in [0.25, 0.3) is 10.9 Å². The van der Waals surface area contributed by atoms with Crippen molar-refractivity contribution in [2.45, 2.75) is 19.3 Å². The molecule has 6 heteroatoms. The molecule has 1 aromatic carbocycles. The molecule has 1 aliphatic carbocycles. The number of aromatic nitrogens is 2. The van der Waals surface area contributed by atoms with Crippen molar-refractivity contribution >= 4 is 22.4 Å². The van der Waals surface area contributed by atoms with Gasteiger partial charge in [0.25, 0.3) is 5.69 Å². The molecule has 1 heterocycles. The zero-order chi connectivity index (χ0) is 13.2. The summed E-state index contributed by atoms with van der Waals surface area (Å²) in [6.07, 6.45) is 5.24. The van der Waals surface area contributed by atoms with Crippen LogP contribution in [0.1, 0.15) is 19.3 Å². The summed E-state index contributed by atoms with van der Waals surface area (Å²) in [5.41, 5.74) is 0.780. The van der Waals surface area contributed by atoms with Gasteiger partial charge in [-0.1, -0.05) is 12.8 Å². The molecule has 6 nitrogen and oxygen atoms in total. The molecule has 19 heavy (non-hydrogen) atoms.